The van der Waals surface area contributed by atoms with Crippen molar-refractivity contribution in [1.82, 2.24) is 0 Å². The SMILES string of the molecule is CC(=O)N(c1ccc(Cl)cc1)C1CC(C)N(C(=O)c2ccc(N(C)C)cc2)c2cc(OC(=O)C(C)(C)C)ccc21. The molecule has 0 bridgehead atoms. The van der Waals surface area contributed by atoms with E-state index in [1.807, 2.05) is 68.4 Å². The number of hydrogen-bond donors (Lipinski definition) is 0. The van der Waals surface area contributed by atoms with E-state index >= 15 is 0 Å². The third-order valence-corrected chi connectivity index (χ3v) is 7.31. The number of carbonyl (C=O) groups is 3. The van der Waals surface area contributed by atoms with Crippen molar-refractivity contribution >= 4 is 46.4 Å². The van der Waals surface area contributed by atoms with Crippen LogP contribution in [0.15, 0.2) is 66.7 Å². The normalized spacial score (nSPS) is 16.6. The third-order valence-electron chi connectivity index (χ3n) is 7.05. The fourth-order valence-corrected chi connectivity index (χ4v) is 5.03. The number of carbonyl (C=O) groups excluding carboxylic acids is 3. The molecule has 2 atom stereocenters. The molecule has 0 aromatic heterocycles. The van der Waals surface area contributed by atoms with E-state index in [2.05, 4.69) is 0 Å². The molecule has 0 spiro atoms. The average molecular weight is 562 g/mol. The Hall–Kier alpha value is -3.84. The summed E-state index contributed by atoms with van der Waals surface area (Å²) in [6.07, 6.45) is 0.512. The van der Waals surface area contributed by atoms with E-state index in [1.54, 1.807) is 54.8 Å². The Bertz CT molecular complexity index is 1410. The van der Waals surface area contributed by atoms with Crippen LogP contribution in [0.2, 0.25) is 5.02 Å². The molecule has 2 unspecified atom stereocenters. The number of esters is 1. The van der Waals surface area contributed by atoms with Gasteiger partial charge in [0.2, 0.25) is 5.91 Å². The molecular formula is C32H36ClN3O4. The number of hydrogen-bond acceptors (Lipinski definition) is 5. The first kappa shape index (κ1) is 29.2. The van der Waals surface area contributed by atoms with Crippen LogP contribution in [0.4, 0.5) is 17.1 Å². The Morgan fingerprint density at radius 1 is 0.925 bits per heavy atom. The summed E-state index contributed by atoms with van der Waals surface area (Å²) in [4.78, 5) is 45.1. The molecule has 210 valence electrons. The van der Waals surface area contributed by atoms with Crippen LogP contribution >= 0.6 is 11.6 Å². The lowest BCUT2D eigenvalue weighted by molar-refractivity contribution is -0.143. The Morgan fingerprint density at radius 2 is 1.52 bits per heavy atom. The van der Waals surface area contributed by atoms with E-state index in [4.69, 9.17) is 16.3 Å². The third kappa shape index (κ3) is 5.99. The van der Waals surface area contributed by atoms with Crippen molar-refractivity contribution in [1.29, 1.82) is 0 Å². The summed E-state index contributed by atoms with van der Waals surface area (Å²) in [6.45, 7) is 8.86. The molecule has 40 heavy (non-hydrogen) atoms. The van der Waals surface area contributed by atoms with Gasteiger partial charge in [0.05, 0.1) is 17.1 Å². The molecule has 0 radical (unpaired) electrons. The largest absolute Gasteiger partial charge is 0.426 e. The first-order valence-electron chi connectivity index (χ1n) is 13.3. The van der Waals surface area contributed by atoms with Crippen molar-refractivity contribution in [2.24, 2.45) is 5.41 Å². The summed E-state index contributed by atoms with van der Waals surface area (Å²) in [5.41, 5.74) is 2.93. The highest BCUT2D eigenvalue weighted by atomic mass is 35.5. The summed E-state index contributed by atoms with van der Waals surface area (Å²) in [5.74, 6) is -0.338. The van der Waals surface area contributed by atoms with Gasteiger partial charge in [0.15, 0.2) is 0 Å². The van der Waals surface area contributed by atoms with Gasteiger partial charge >= 0.3 is 5.97 Å². The van der Waals surface area contributed by atoms with E-state index in [0.717, 1.165) is 11.3 Å². The van der Waals surface area contributed by atoms with Gasteiger partial charge in [0, 0.05) is 55.1 Å². The molecule has 1 aliphatic heterocycles. The highest BCUT2D eigenvalue weighted by Gasteiger charge is 2.39. The second-order valence-electron chi connectivity index (χ2n) is 11.4. The minimum Gasteiger partial charge on any atom is -0.426 e. The van der Waals surface area contributed by atoms with E-state index in [1.165, 1.54) is 6.92 Å². The van der Waals surface area contributed by atoms with Crippen molar-refractivity contribution in [2.75, 3.05) is 28.8 Å². The minimum atomic E-state index is -0.699. The van der Waals surface area contributed by atoms with Crippen LogP contribution in [0, 0.1) is 5.41 Å². The Labute approximate surface area is 241 Å². The number of benzene rings is 3. The van der Waals surface area contributed by atoms with Crippen LogP contribution in [0.1, 0.15) is 63.0 Å². The maximum atomic E-state index is 14.0. The molecule has 0 N–H and O–H groups in total. The van der Waals surface area contributed by atoms with Crippen LogP contribution < -0.4 is 19.4 Å². The van der Waals surface area contributed by atoms with Crippen LogP contribution in [0.3, 0.4) is 0 Å². The fourth-order valence-electron chi connectivity index (χ4n) is 4.91. The molecule has 7 nitrogen and oxygen atoms in total. The van der Waals surface area contributed by atoms with Gasteiger partial charge in [-0.25, -0.2) is 0 Å². The standard InChI is InChI=1S/C32H36ClN3O4/c1-20-18-28(36(21(2)37)25-14-10-23(33)11-15-25)27-17-16-26(40-31(39)32(3,4)5)19-29(27)35(20)30(38)22-8-12-24(13-9-22)34(6)7/h8-17,19-20,28H,18H2,1-7H3. The smallest absolute Gasteiger partial charge is 0.316 e. The summed E-state index contributed by atoms with van der Waals surface area (Å²) in [6, 6.07) is 19.3. The maximum Gasteiger partial charge on any atom is 0.316 e. The Kier molecular flexibility index (Phi) is 8.26. The predicted molar refractivity (Wildman–Crippen MR) is 161 cm³/mol. The van der Waals surface area contributed by atoms with E-state index in [9.17, 15) is 14.4 Å². The molecular weight excluding hydrogens is 526 g/mol. The molecule has 4 rings (SSSR count). The molecule has 8 heteroatoms. The summed E-state index contributed by atoms with van der Waals surface area (Å²) in [5, 5.41) is 0.576. The molecule has 1 heterocycles. The number of halogens is 1. The lowest BCUT2D eigenvalue weighted by Gasteiger charge is -2.43. The molecule has 0 fully saturated rings. The van der Waals surface area contributed by atoms with E-state index < -0.39 is 5.41 Å². The zero-order valence-corrected chi connectivity index (χ0v) is 24.8. The number of rotatable bonds is 5. The van der Waals surface area contributed by atoms with E-state index in [0.29, 0.717) is 34.1 Å². The van der Waals surface area contributed by atoms with Gasteiger partial charge in [-0.05, 0) is 94.3 Å². The number of nitrogens with zero attached hydrogens (tertiary/aromatic N) is 3. The van der Waals surface area contributed by atoms with Crippen molar-refractivity contribution in [2.45, 2.75) is 53.1 Å². The van der Waals surface area contributed by atoms with Crippen LogP contribution in [-0.4, -0.2) is 37.9 Å². The lowest BCUT2D eigenvalue weighted by atomic mass is 9.89. The molecule has 1 aliphatic rings. The number of fused-ring (bicyclic) bond motifs is 1. The summed E-state index contributed by atoms with van der Waals surface area (Å²) < 4.78 is 5.72. The van der Waals surface area contributed by atoms with Gasteiger partial charge in [-0.15, -0.1) is 0 Å². The molecule has 3 aromatic carbocycles. The molecule has 0 aliphatic carbocycles. The van der Waals surface area contributed by atoms with Crippen molar-refractivity contribution < 1.29 is 19.1 Å². The van der Waals surface area contributed by atoms with Gasteiger partial charge in [0.1, 0.15) is 5.75 Å². The summed E-state index contributed by atoms with van der Waals surface area (Å²) >= 11 is 6.12. The molecule has 0 saturated heterocycles. The average Bonchev–Trinajstić information content (AvgIpc) is 2.89. The maximum absolute atomic E-state index is 14.0. The number of anilines is 3. The predicted octanol–water partition coefficient (Wildman–Crippen LogP) is 6.89. The van der Waals surface area contributed by atoms with Gasteiger partial charge in [0.25, 0.3) is 5.91 Å². The van der Waals surface area contributed by atoms with Crippen LogP contribution in [-0.2, 0) is 9.59 Å². The number of amides is 2. The van der Waals surface area contributed by atoms with Crippen molar-refractivity contribution in [3.63, 3.8) is 0 Å². The fraction of sp³-hybridized carbons (Fsp3) is 0.344. The minimum absolute atomic E-state index is 0.132. The van der Waals surface area contributed by atoms with E-state index in [-0.39, 0.29) is 29.9 Å². The molecule has 3 aromatic rings. The first-order chi connectivity index (χ1) is 18.8. The quantitative estimate of drug-likeness (QED) is 0.250. The zero-order chi connectivity index (χ0) is 29.4. The highest BCUT2D eigenvalue weighted by Crippen LogP contribution is 2.44. The van der Waals surface area contributed by atoms with Gasteiger partial charge in [-0.2, -0.15) is 0 Å². The Balaban J connectivity index is 1.82. The second-order valence-corrected chi connectivity index (χ2v) is 11.9. The first-order valence-corrected chi connectivity index (χ1v) is 13.7. The molecule has 2 amide bonds. The van der Waals surface area contributed by atoms with Crippen LogP contribution in [0.25, 0.3) is 0 Å². The van der Waals surface area contributed by atoms with Crippen LogP contribution in [0.5, 0.6) is 5.75 Å². The van der Waals surface area contributed by atoms with Crippen molar-refractivity contribution in [3.05, 3.63) is 82.9 Å². The lowest BCUT2D eigenvalue weighted by Crippen LogP contribution is -2.47. The summed E-state index contributed by atoms with van der Waals surface area (Å²) in [7, 11) is 3.89. The number of ether oxygens (including phenoxy) is 1. The van der Waals surface area contributed by atoms with Gasteiger partial charge in [-0.3, -0.25) is 14.4 Å². The second kappa shape index (κ2) is 11.3. The molecule has 0 saturated carbocycles. The van der Waals surface area contributed by atoms with Gasteiger partial charge < -0.3 is 19.4 Å². The highest BCUT2D eigenvalue weighted by molar-refractivity contribution is 6.30. The van der Waals surface area contributed by atoms with Gasteiger partial charge in [-0.1, -0.05) is 17.7 Å². The van der Waals surface area contributed by atoms with Crippen molar-refractivity contribution in [3.8, 4) is 5.75 Å². The Morgan fingerprint density at radius 3 is 2.08 bits per heavy atom. The zero-order valence-electron chi connectivity index (χ0n) is 24.1. The topological polar surface area (TPSA) is 70.2 Å². The monoisotopic (exact) mass is 561 g/mol.